The van der Waals surface area contributed by atoms with Gasteiger partial charge in [-0.2, -0.15) is 5.10 Å². The van der Waals surface area contributed by atoms with Crippen LogP contribution in [-0.2, 0) is 14.8 Å². The molecule has 0 aliphatic carbocycles. The van der Waals surface area contributed by atoms with Crippen molar-refractivity contribution < 1.29 is 13.2 Å². The van der Waals surface area contributed by atoms with E-state index in [4.69, 9.17) is 23.2 Å². The fraction of sp³-hybridized carbons (Fsp3) is 0.130. The quantitative estimate of drug-likeness (QED) is 0.376. The highest BCUT2D eigenvalue weighted by Crippen LogP contribution is 2.27. The van der Waals surface area contributed by atoms with Gasteiger partial charge in [-0.3, -0.25) is 9.10 Å². The molecule has 6 nitrogen and oxygen atoms in total. The Balaban J connectivity index is 1.86. The number of nitrogens with one attached hydrogen (secondary N) is 1. The average molecular weight is 490 g/mol. The normalized spacial score (nSPS) is 11.5. The van der Waals surface area contributed by atoms with Crippen LogP contribution >= 0.6 is 23.2 Å². The van der Waals surface area contributed by atoms with Crippen molar-refractivity contribution in [3.8, 4) is 0 Å². The Morgan fingerprint density at radius 3 is 2.38 bits per heavy atom. The van der Waals surface area contributed by atoms with Gasteiger partial charge in [0.25, 0.3) is 15.9 Å². The van der Waals surface area contributed by atoms with Crippen LogP contribution in [0, 0.1) is 13.8 Å². The van der Waals surface area contributed by atoms with Crippen molar-refractivity contribution in [1.29, 1.82) is 0 Å². The summed E-state index contributed by atoms with van der Waals surface area (Å²) in [5, 5.41) is 4.67. The number of hydrogen-bond donors (Lipinski definition) is 1. The number of anilines is 1. The van der Waals surface area contributed by atoms with E-state index in [0.29, 0.717) is 21.3 Å². The smallest absolute Gasteiger partial charge is 0.264 e. The highest BCUT2D eigenvalue weighted by molar-refractivity contribution is 7.92. The first-order valence-corrected chi connectivity index (χ1v) is 11.8. The molecule has 0 radical (unpaired) electrons. The van der Waals surface area contributed by atoms with E-state index in [0.717, 1.165) is 15.4 Å². The van der Waals surface area contributed by atoms with Crippen LogP contribution in [0.4, 0.5) is 5.69 Å². The molecule has 1 N–H and O–H groups in total. The van der Waals surface area contributed by atoms with E-state index in [9.17, 15) is 13.2 Å². The molecule has 3 aromatic carbocycles. The highest BCUT2D eigenvalue weighted by atomic mass is 35.5. The van der Waals surface area contributed by atoms with E-state index in [1.54, 1.807) is 55.5 Å². The number of carbonyl (C=O) groups excluding carboxylic acids is 1. The van der Waals surface area contributed by atoms with E-state index >= 15 is 0 Å². The number of hydrogen-bond acceptors (Lipinski definition) is 4. The van der Waals surface area contributed by atoms with Gasteiger partial charge in [-0.1, -0.05) is 65.2 Å². The summed E-state index contributed by atoms with van der Waals surface area (Å²) >= 11 is 11.9. The molecule has 0 atom stereocenters. The standard InChI is InChI=1S/C23H21Cl2N3O3S/c1-16-8-11-22(17(2)12-16)28(32(30,31)19-6-4-3-5-7-19)15-23(29)27-26-14-18-9-10-20(24)21(25)13-18/h3-14H,15H2,1-2H3,(H,27,29)/b26-14+. The van der Waals surface area contributed by atoms with Crippen LogP contribution < -0.4 is 9.73 Å². The van der Waals surface area contributed by atoms with Crippen molar-refractivity contribution in [2.75, 3.05) is 10.8 Å². The summed E-state index contributed by atoms with van der Waals surface area (Å²) in [7, 11) is -3.98. The SMILES string of the molecule is Cc1ccc(N(CC(=O)N/N=C/c2ccc(Cl)c(Cl)c2)S(=O)(=O)c2ccccc2)c(C)c1. The van der Waals surface area contributed by atoms with Gasteiger partial charge in [-0.15, -0.1) is 0 Å². The number of benzene rings is 3. The number of halogens is 2. The first-order valence-electron chi connectivity index (χ1n) is 9.60. The molecule has 3 rings (SSSR count). The second kappa shape index (κ2) is 10.2. The monoisotopic (exact) mass is 489 g/mol. The Labute approximate surface area is 197 Å². The van der Waals surface area contributed by atoms with Gasteiger partial charge >= 0.3 is 0 Å². The molecule has 0 fully saturated rings. The van der Waals surface area contributed by atoms with E-state index in [1.807, 2.05) is 13.0 Å². The molecule has 0 bridgehead atoms. The maximum Gasteiger partial charge on any atom is 0.264 e. The van der Waals surface area contributed by atoms with Crippen molar-refractivity contribution in [2.24, 2.45) is 5.10 Å². The van der Waals surface area contributed by atoms with Gasteiger partial charge in [0, 0.05) is 0 Å². The van der Waals surface area contributed by atoms with E-state index in [2.05, 4.69) is 10.5 Å². The zero-order chi connectivity index (χ0) is 23.3. The fourth-order valence-corrected chi connectivity index (χ4v) is 4.85. The number of nitrogens with zero attached hydrogens (tertiary/aromatic N) is 2. The lowest BCUT2D eigenvalue weighted by Gasteiger charge is -2.25. The molecule has 9 heteroatoms. The van der Waals surface area contributed by atoms with E-state index in [-0.39, 0.29) is 4.90 Å². The first-order chi connectivity index (χ1) is 15.2. The maximum absolute atomic E-state index is 13.4. The van der Waals surface area contributed by atoms with Crippen LogP contribution in [0.25, 0.3) is 0 Å². The Bertz CT molecular complexity index is 1260. The van der Waals surface area contributed by atoms with Crippen molar-refractivity contribution in [2.45, 2.75) is 18.7 Å². The Kier molecular flexibility index (Phi) is 7.56. The van der Waals surface area contributed by atoms with Gasteiger partial charge in [-0.05, 0) is 55.3 Å². The zero-order valence-electron chi connectivity index (χ0n) is 17.4. The van der Waals surface area contributed by atoms with Crippen molar-refractivity contribution in [1.82, 2.24) is 5.43 Å². The minimum Gasteiger partial charge on any atom is -0.271 e. The Morgan fingerprint density at radius 1 is 1.00 bits per heavy atom. The van der Waals surface area contributed by atoms with Crippen molar-refractivity contribution >= 4 is 51.0 Å². The molecule has 32 heavy (non-hydrogen) atoms. The van der Waals surface area contributed by atoms with Crippen LogP contribution in [0.3, 0.4) is 0 Å². The third kappa shape index (κ3) is 5.68. The Hall–Kier alpha value is -2.87. The highest BCUT2D eigenvalue weighted by Gasteiger charge is 2.28. The molecule has 0 saturated carbocycles. The largest absolute Gasteiger partial charge is 0.271 e. The van der Waals surface area contributed by atoms with Crippen LogP contribution in [0.5, 0.6) is 0 Å². The van der Waals surface area contributed by atoms with Crippen molar-refractivity contribution in [3.63, 3.8) is 0 Å². The summed E-state index contributed by atoms with van der Waals surface area (Å²) in [5.41, 5.74) is 5.13. The van der Waals surface area contributed by atoms with E-state index < -0.39 is 22.5 Å². The molecule has 0 aliphatic heterocycles. The van der Waals surface area contributed by atoms with Crippen LogP contribution in [0.1, 0.15) is 16.7 Å². The molecule has 1 amide bonds. The zero-order valence-corrected chi connectivity index (χ0v) is 19.7. The van der Waals surface area contributed by atoms with Gasteiger partial charge in [0.15, 0.2) is 0 Å². The fourth-order valence-electron chi connectivity index (χ4n) is 3.04. The summed E-state index contributed by atoms with van der Waals surface area (Å²) in [6.45, 7) is 3.27. The number of amides is 1. The summed E-state index contributed by atoms with van der Waals surface area (Å²) in [6.07, 6.45) is 1.40. The van der Waals surface area contributed by atoms with Gasteiger partial charge < -0.3 is 0 Å². The van der Waals surface area contributed by atoms with Gasteiger partial charge in [-0.25, -0.2) is 13.8 Å². The third-order valence-corrected chi connectivity index (χ3v) is 7.10. The Morgan fingerprint density at radius 2 is 1.72 bits per heavy atom. The lowest BCUT2D eigenvalue weighted by atomic mass is 10.1. The van der Waals surface area contributed by atoms with Gasteiger partial charge in [0.1, 0.15) is 6.54 Å². The molecule has 0 spiro atoms. The lowest BCUT2D eigenvalue weighted by molar-refractivity contribution is -0.119. The number of hydrazone groups is 1. The molecule has 166 valence electrons. The predicted molar refractivity (Wildman–Crippen MR) is 129 cm³/mol. The molecule has 0 aliphatic rings. The maximum atomic E-state index is 13.4. The van der Waals surface area contributed by atoms with Gasteiger partial charge in [0.05, 0.1) is 26.8 Å². The second-order valence-electron chi connectivity index (χ2n) is 7.08. The summed E-state index contributed by atoms with van der Waals surface area (Å²) in [4.78, 5) is 12.7. The molecule has 3 aromatic rings. The number of aryl methyl sites for hydroxylation is 2. The first kappa shape index (κ1) is 23.8. The predicted octanol–water partition coefficient (Wildman–Crippen LogP) is 4.96. The molecular weight excluding hydrogens is 469 g/mol. The van der Waals surface area contributed by atoms with Crippen LogP contribution in [0.2, 0.25) is 10.0 Å². The third-order valence-electron chi connectivity index (χ3n) is 4.59. The van der Waals surface area contributed by atoms with E-state index in [1.165, 1.54) is 18.3 Å². The number of carbonyl (C=O) groups is 1. The topological polar surface area (TPSA) is 78.8 Å². The van der Waals surface area contributed by atoms with Crippen LogP contribution in [-0.4, -0.2) is 27.1 Å². The van der Waals surface area contributed by atoms with Crippen LogP contribution in [0.15, 0.2) is 76.7 Å². The second-order valence-corrected chi connectivity index (χ2v) is 9.76. The molecule has 0 unspecified atom stereocenters. The summed E-state index contributed by atoms with van der Waals surface area (Å²) < 4.78 is 27.8. The number of sulfonamides is 1. The molecular formula is C23H21Cl2N3O3S. The molecule has 0 heterocycles. The van der Waals surface area contributed by atoms with Gasteiger partial charge in [0.2, 0.25) is 0 Å². The minimum absolute atomic E-state index is 0.0899. The lowest BCUT2D eigenvalue weighted by Crippen LogP contribution is -2.40. The molecule has 0 aromatic heterocycles. The van der Waals surface area contributed by atoms with Crippen molar-refractivity contribution in [3.05, 3.63) is 93.5 Å². The summed E-state index contributed by atoms with van der Waals surface area (Å²) in [5.74, 6) is -0.596. The number of rotatable bonds is 7. The molecule has 0 saturated heterocycles. The average Bonchev–Trinajstić information content (AvgIpc) is 2.75. The minimum atomic E-state index is -3.98. The summed E-state index contributed by atoms with van der Waals surface area (Å²) in [6, 6.07) is 18.2.